The number of rotatable bonds is 14. The summed E-state index contributed by atoms with van der Waals surface area (Å²) in [5, 5.41) is 9.05. The first-order chi connectivity index (χ1) is 17.0. The minimum Gasteiger partial charge on any atom is -0.494 e. The molecule has 3 rings (SSSR count). The number of carbonyl (C=O) groups is 1. The lowest BCUT2D eigenvalue weighted by Crippen LogP contribution is -2.07. The van der Waals surface area contributed by atoms with Crippen LogP contribution in [-0.2, 0) is 6.42 Å². The molecule has 186 valence electrons. The quantitative estimate of drug-likeness (QED) is 0.238. The molecule has 2 unspecified atom stereocenters. The molecule has 3 heteroatoms. The van der Waals surface area contributed by atoms with Crippen LogP contribution in [-0.4, -0.2) is 17.7 Å². The van der Waals surface area contributed by atoms with Crippen molar-refractivity contribution in [1.82, 2.24) is 0 Å². The fraction of sp³-hybridized carbons (Fsp3) is 0.406. The van der Waals surface area contributed by atoms with Crippen molar-refractivity contribution in [2.24, 2.45) is 5.92 Å². The molecule has 0 aliphatic carbocycles. The molecule has 2 atom stereocenters. The van der Waals surface area contributed by atoms with Gasteiger partial charge in [-0.3, -0.25) is 0 Å². The van der Waals surface area contributed by atoms with Crippen LogP contribution in [0.1, 0.15) is 86.7 Å². The van der Waals surface area contributed by atoms with E-state index in [1.165, 1.54) is 37.7 Å². The zero-order valence-electron chi connectivity index (χ0n) is 21.5. The highest BCUT2D eigenvalue weighted by Gasteiger charge is 2.15. The number of unbranched alkanes of at least 4 members (excludes halogenated alkanes) is 1. The summed E-state index contributed by atoms with van der Waals surface area (Å²) in [6.45, 7) is 7.64. The number of hydrogen-bond acceptors (Lipinski definition) is 2. The summed E-state index contributed by atoms with van der Waals surface area (Å²) in [7, 11) is 0. The zero-order valence-corrected chi connectivity index (χ0v) is 21.5. The fourth-order valence-electron chi connectivity index (χ4n) is 4.67. The van der Waals surface area contributed by atoms with E-state index in [1.807, 2.05) is 36.4 Å². The maximum absolute atomic E-state index is 11.0. The van der Waals surface area contributed by atoms with Crippen LogP contribution in [0, 0.1) is 5.92 Å². The molecule has 0 saturated heterocycles. The summed E-state index contributed by atoms with van der Waals surface area (Å²) < 4.78 is 6.01. The molecular formula is C32H40O3. The monoisotopic (exact) mass is 472 g/mol. The van der Waals surface area contributed by atoms with Crippen molar-refractivity contribution < 1.29 is 14.6 Å². The highest BCUT2D eigenvalue weighted by Crippen LogP contribution is 2.31. The lowest BCUT2D eigenvalue weighted by molar-refractivity contribution is 0.0697. The van der Waals surface area contributed by atoms with E-state index >= 15 is 0 Å². The summed E-state index contributed by atoms with van der Waals surface area (Å²) in [4.78, 5) is 11.0. The van der Waals surface area contributed by atoms with Crippen molar-refractivity contribution in [1.29, 1.82) is 0 Å². The largest absolute Gasteiger partial charge is 0.494 e. The molecule has 0 aliphatic rings. The van der Waals surface area contributed by atoms with Gasteiger partial charge in [0.25, 0.3) is 0 Å². The predicted molar refractivity (Wildman–Crippen MR) is 145 cm³/mol. The molecule has 0 amide bonds. The lowest BCUT2D eigenvalue weighted by Gasteiger charge is -2.22. The standard InChI is InChI=1S/C32H40O3/c1-4-10-27(31-13-7-6-12-29(31)23-24(3)5-2)11-8-9-22-35-30-20-18-26(19-21-30)25-14-16-28(17-15-25)32(33)34/h6-7,12-21,24,27H,4-5,8-11,22-23H2,1-3H3,(H,33,34). The summed E-state index contributed by atoms with van der Waals surface area (Å²) in [6, 6.07) is 24.1. The third-order valence-electron chi connectivity index (χ3n) is 6.93. The Morgan fingerprint density at radius 1 is 0.857 bits per heavy atom. The van der Waals surface area contributed by atoms with E-state index in [0.717, 1.165) is 42.2 Å². The summed E-state index contributed by atoms with van der Waals surface area (Å²) in [6.07, 6.45) is 8.28. The van der Waals surface area contributed by atoms with Gasteiger partial charge in [0.15, 0.2) is 0 Å². The highest BCUT2D eigenvalue weighted by atomic mass is 16.5. The number of aromatic carboxylic acids is 1. The van der Waals surface area contributed by atoms with Gasteiger partial charge in [0, 0.05) is 0 Å². The van der Waals surface area contributed by atoms with E-state index in [1.54, 1.807) is 17.7 Å². The van der Waals surface area contributed by atoms with Gasteiger partial charge in [-0.15, -0.1) is 0 Å². The molecule has 3 nitrogen and oxygen atoms in total. The van der Waals surface area contributed by atoms with Gasteiger partial charge < -0.3 is 9.84 Å². The van der Waals surface area contributed by atoms with E-state index in [4.69, 9.17) is 9.84 Å². The highest BCUT2D eigenvalue weighted by molar-refractivity contribution is 5.88. The van der Waals surface area contributed by atoms with Gasteiger partial charge in [0.05, 0.1) is 12.2 Å². The van der Waals surface area contributed by atoms with E-state index in [2.05, 4.69) is 45.0 Å². The third kappa shape index (κ3) is 7.99. The van der Waals surface area contributed by atoms with Gasteiger partial charge in [-0.2, -0.15) is 0 Å². The number of benzene rings is 3. The molecule has 0 fully saturated rings. The molecule has 0 spiro atoms. The zero-order chi connectivity index (χ0) is 25.0. The van der Waals surface area contributed by atoms with Crippen LogP contribution in [0.4, 0.5) is 0 Å². The Labute approximate surface area is 211 Å². The summed E-state index contributed by atoms with van der Waals surface area (Å²) >= 11 is 0. The van der Waals surface area contributed by atoms with Crippen molar-refractivity contribution in [3.05, 3.63) is 89.5 Å². The van der Waals surface area contributed by atoms with Crippen molar-refractivity contribution in [2.75, 3.05) is 6.61 Å². The van der Waals surface area contributed by atoms with Crippen LogP contribution in [0.3, 0.4) is 0 Å². The topological polar surface area (TPSA) is 46.5 Å². The van der Waals surface area contributed by atoms with Gasteiger partial charge in [0.2, 0.25) is 0 Å². The van der Waals surface area contributed by atoms with E-state index in [9.17, 15) is 4.79 Å². The fourth-order valence-corrected chi connectivity index (χ4v) is 4.67. The molecule has 0 aliphatic heterocycles. The Bertz CT molecular complexity index is 1040. The number of hydrogen-bond donors (Lipinski definition) is 1. The molecule has 0 radical (unpaired) electrons. The molecule has 3 aromatic carbocycles. The average Bonchev–Trinajstić information content (AvgIpc) is 2.88. The number of carboxylic acids is 1. The SMILES string of the molecule is CCCC(CCCCOc1ccc(-c2ccc(C(=O)O)cc2)cc1)c1ccccc1CC(C)CC. The summed E-state index contributed by atoms with van der Waals surface area (Å²) in [5.74, 6) is 1.32. The Morgan fingerprint density at radius 2 is 1.51 bits per heavy atom. The second kappa shape index (κ2) is 13.7. The van der Waals surface area contributed by atoms with Crippen molar-refractivity contribution in [3.8, 4) is 16.9 Å². The van der Waals surface area contributed by atoms with Gasteiger partial charge >= 0.3 is 5.97 Å². The van der Waals surface area contributed by atoms with Crippen LogP contribution < -0.4 is 4.74 Å². The first-order valence-electron chi connectivity index (χ1n) is 13.2. The smallest absolute Gasteiger partial charge is 0.335 e. The molecule has 0 aromatic heterocycles. The first-order valence-corrected chi connectivity index (χ1v) is 13.2. The maximum Gasteiger partial charge on any atom is 0.335 e. The minimum absolute atomic E-state index is 0.300. The predicted octanol–water partition coefficient (Wildman–Crippen LogP) is 8.77. The lowest BCUT2D eigenvalue weighted by atomic mass is 9.84. The average molecular weight is 473 g/mol. The number of ether oxygens (including phenoxy) is 1. The minimum atomic E-state index is -0.906. The third-order valence-corrected chi connectivity index (χ3v) is 6.93. The van der Waals surface area contributed by atoms with E-state index in [0.29, 0.717) is 11.5 Å². The molecule has 3 aromatic rings. The number of carboxylic acid groups (broad SMARTS) is 1. The molecule has 0 bridgehead atoms. The molecular weight excluding hydrogens is 432 g/mol. The first kappa shape index (κ1) is 26.5. The van der Waals surface area contributed by atoms with Crippen LogP contribution in [0.25, 0.3) is 11.1 Å². The molecule has 0 heterocycles. The Kier molecular flexibility index (Phi) is 10.4. The van der Waals surface area contributed by atoms with Crippen molar-refractivity contribution in [3.63, 3.8) is 0 Å². The second-order valence-electron chi connectivity index (χ2n) is 9.65. The van der Waals surface area contributed by atoms with Gasteiger partial charge in [-0.05, 0) is 90.5 Å². The van der Waals surface area contributed by atoms with Crippen molar-refractivity contribution >= 4 is 5.97 Å². The maximum atomic E-state index is 11.0. The Hall–Kier alpha value is -3.07. The van der Waals surface area contributed by atoms with Crippen LogP contribution in [0.5, 0.6) is 5.75 Å². The Balaban J connectivity index is 1.49. The second-order valence-corrected chi connectivity index (χ2v) is 9.65. The van der Waals surface area contributed by atoms with Crippen molar-refractivity contribution in [2.45, 2.75) is 71.6 Å². The van der Waals surface area contributed by atoms with Crippen LogP contribution in [0.2, 0.25) is 0 Å². The van der Waals surface area contributed by atoms with Crippen LogP contribution >= 0.6 is 0 Å². The van der Waals surface area contributed by atoms with Gasteiger partial charge in [-0.1, -0.05) is 82.1 Å². The normalized spacial score (nSPS) is 12.8. The molecule has 0 saturated carbocycles. The van der Waals surface area contributed by atoms with Gasteiger partial charge in [-0.25, -0.2) is 4.79 Å². The molecule has 35 heavy (non-hydrogen) atoms. The van der Waals surface area contributed by atoms with Crippen LogP contribution in [0.15, 0.2) is 72.8 Å². The van der Waals surface area contributed by atoms with E-state index in [-0.39, 0.29) is 0 Å². The van der Waals surface area contributed by atoms with Gasteiger partial charge in [0.1, 0.15) is 5.75 Å². The van der Waals surface area contributed by atoms with E-state index < -0.39 is 5.97 Å². The molecule has 1 N–H and O–H groups in total. The Morgan fingerprint density at radius 3 is 2.14 bits per heavy atom. The summed E-state index contributed by atoms with van der Waals surface area (Å²) in [5.41, 5.74) is 5.44.